The van der Waals surface area contributed by atoms with Gasteiger partial charge in [0.05, 0.1) is 11.2 Å². The minimum absolute atomic E-state index is 0.00770. The number of aromatic nitrogens is 2. The zero-order chi connectivity index (χ0) is 17.9. The van der Waals surface area contributed by atoms with Gasteiger partial charge in [0.1, 0.15) is 5.82 Å². The molecule has 0 saturated heterocycles. The molecule has 0 atom stereocenters. The topological polar surface area (TPSA) is 46.9 Å². The first-order chi connectivity index (χ1) is 12.0. The molecule has 4 nitrogen and oxygen atoms in total. The third-order valence-electron chi connectivity index (χ3n) is 5.10. The van der Waals surface area contributed by atoms with Gasteiger partial charge in [-0.05, 0) is 45.2 Å². The van der Waals surface area contributed by atoms with E-state index in [2.05, 4.69) is 10.4 Å². The Labute approximate surface area is 148 Å². The molecule has 1 aromatic carbocycles. The summed E-state index contributed by atoms with van der Waals surface area (Å²) in [6, 6.07) is 8.85. The van der Waals surface area contributed by atoms with Crippen LogP contribution in [0.15, 0.2) is 30.3 Å². The highest BCUT2D eigenvalue weighted by molar-refractivity contribution is 5.77. The first-order valence-electron chi connectivity index (χ1n) is 9.07. The lowest BCUT2D eigenvalue weighted by Crippen LogP contribution is -2.44. The van der Waals surface area contributed by atoms with E-state index in [-0.39, 0.29) is 11.7 Å². The molecule has 1 aliphatic rings. The number of aryl methyl sites for hydroxylation is 3. The van der Waals surface area contributed by atoms with Crippen molar-refractivity contribution in [3.05, 3.63) is 53.1 Å². The Kier molecular flexibility index (Phi) is 5.21. The van der Waals surface area contributed by atoms with Gasteiger partial charge in [0.15, 0.2) is 0 Å². The summed E-state index contributed by atoms with van der Waals surface area (Å²) in [5, 5.41) is 7.57. The average Bonchev–Trinajstić information content (AvgIpc) is 3.15. The molecular formula is C20H26FN3O. The summed E-state index contributed by atoms with van der Waals surface area (Å²) in [6.07, 6.45) is 4.78. The number of amides is 1. The molecule has 0 unspecified atom stereocenters. The quantitative estimate of drug-likeness (QED) is 0.861. The van der Waals surface area contributed by atoms with Crippen LogP contribution < -0.4 is 5.32 Å². The Morgan fingerprint density at radius 1 is 1.28 bits per heavy atom. The van der Waals surface area contributed by atoms with Crippen LogP contribution in [0.1, 0.15) is 55.5 Å². The second-order valence-corrected chi connectivity index (χ2v) is 7.07. The van der Waals surface area contributed by atoms with Gasteiger partial charge in [-0.2, -0.15) is 5.10 Å². The molecule has 1 amide bonds. The van der Waals surface area contributed by atoms with E-state index in [0.717, 1.165) is 50.0 Å². The van der Waals surface area contributed by atoms with Crippen molar-refractivity contribution in [2.24, 2.45) is 0 Å². The number of carbonyl (C=O) groups excluding carboxylic acids is 1. The maximum Gasteiger partial charge on any atom is 0.220 e. The molecule has 1 saturated carbocycles. The van der Waals surface area contributed by atoms with Crippen LogP contribution in [0.5, 0.6) is 0 Å². The fourth-order valence-electron chi connectivity index (χ4n) is 3.91. The predicted molar refractivity (Wildman–Crippen MR) is 95.6 cm³/mol. The van der Waals surface area contributed by atoms with Crippen LogP contribution in [0.2, 0.25) is 0 Å². The summed E-state index contributed by atoms with van der Waals surface area (Å²) in [5.74, 6) is -0.237. The molecule has 1 fully saturated rings. The van der Waals surface area contributed by atoms with Crippen LogP contribution in [-0.4, -0.2) is 15.7 Å². The van der Waals surface area contributed by atoms with Crippen molar-refractivity contribution in [1.29, 1.82) is 0 Å². The van der Waals surface area contributed by atoms with Crippen LogP contribution in [0.3, 0.4) is 0 Å². The van der Waals surface area contributed by atoms with E-state index in [1.165, 1.54) is 6.07 Å². The highest BCUT2D eigenvalue weighted by Crippen LogP contribution is 2.39. The third-order valence-corrected chi connectivity index (χ3v) is 5.10. The number of rotatable bonds is 6. The van der Waals surface area contributed by atoms with Crippen LogP contribution >= 0.6 is 0 Å². The zero-order valence-corrected chi connectivity index (χ0v) is 15.0. The van der Waals surface area contributed by atoms with Crippen LogP contribution in [0.4, 0.5) is 4.39 Å². The summed E-state index contributed by atoms with van der Waals surface area (Å²) in [7, 11) is 0. The maximum atomic E-state index is 14.3. The molecule has 1 aliphatic carbocycles. The highest BCUT2D eigenvalue weighted by Gasteiger charge is 2.38. The summed E-state index contributed by atoms with van der Waals surface area (Å²) in [4.78, 5) is 12.5. The fourth-order valence-corrected chi connectivity index (χ4v) is 3.91. The van der Waals surface area contributed by atoms with Crippen molar-refractivity contribution >= 4 is 5.91 Å². The molecule has 0 radical (unpaired) electrons. The van der Waals surface area contributed by atoms with Gasteiger partial charge in [0, 0.05) is 24.2 Å². The number of benzene rings is 1. The third kappa shape index (κ3) is 3.91. The molecule has 3 rings (SSSR count). The lowest BCUT2D eigenvalue weighted by Gasteiger charge is -2.31. The fraction of sp³-hybridized carbons (Fsp3) is 0.500. The molecule has 0 spiro atoms. The van der Waals surface area contributed by atoms with Crippen molar-refractivity contribution in [3.8, 4) is 0 Å². The molecule has 0 aliphatic heterocycles. The van der Waals surface area contributed by atoms with Crippen LogP contribution in [0.25, 0.3) is 0 Å². The van der Waals surface area contributed by atoms with Crippen molar-refractivity contribution in [2.45, 2.75) is 64.5 Å². The normalized spacial score (nSPS) is 16.1. The van der Waals surface area contributed by atoms with Gasteiger partial charge >= 0.3 is 0 Å². The summed E-state index contributed by atoms with van der Waals surface area (Å²) < 4.78 is 16.2. The van der Waals surface area contributed by atoms with E-state index in [1.807, 2.05) is 30.7 Å². The Bertz CT molecular complexity index is 747. The average molecular weight is 343 g/mol. The SMILES string of the molecule is Cc1cc(C)n(CCCC(=O)NC2(c3ccccc3F)CCCC2)n1. The standard InChI is InChI=1S/C20H26FN3O/c1-15-14-16(2)24(23-15)13-7-10-19(25)22-20(11-5-6-12-20)17-8-3-4-9-18(17)21/h3-4,8-9,14H,5-7,10-13H2,1-2H3,(H,22,25). The molecule has 1 heterocycles. The largest absolute Gasteiger partial charge is 0.346 e. The summed E-state index contributed by atoms with van der Waals surface area (Å²) >= 11 is 0. The van der Waals surface area contributed by atoms with Gasteiger partial charge in [0.25, 0.3) is 0 Å². The van der Waals surface area contributed by atoms with Crippen molar-refractivity contribution in [2.75, 3.05) is 0 Å². The van der Waals surface area contributed by atoms with Gasteiger partial charge in [0.2, 0.25) is 5.91 Å². The van der Waals surface area contributed by atoms with Crippen molar-refractivity contribution < 1.29 is 9.18 Å². The smallest absolute Gasteiger partial charge is 0.220 e. The van der Waals surface area contributed by atoms with E-state index in [4.69, 9.17) is 0 Å². The van der Waals surface area contributed by atoms with E-state index >= 15 is 0 Å². The van der Waals surface area contributed by atoms with Crippen molar-refractivity contribution in [1.82, 2.24) is 15.1 Å². The minimum Gasteiger partial charge on any atom is -0.346 e. The first kappa shape index (κ1) is 17.6. The Morgan fingerprint density at radius 2 is 2.00 bits per heavy atom. The molecule has 1 N–H and O–H groups in total. The monoisotopic (exact) mass is 343 g/mol. The maximum absolute atomic E-state index is 14.3. The number of hydrogen-bond acceptors (Lipinski definition) is 2. The molecule has 25 heavy (non-hydrogen) atoms. The van der Waals surface area contributed by atoms with Gasteiger partial charge in [-0.15, -0.1) is 0 Å². The second-order valence-electron chi connectivity index (χ2n) is 7.07. The second kappa shape index (κ2) is 7.38. The lowest BCUT2D eigenvalue weighted by molar-refractivity contribution is -0.123. The first-order valence-corrected chi connectivity index (χ1v) is 9.07. The predicted octanol–water partition coefficient (Wildman–Crippen LogP) is 4.00. The minimum atomic E-state index is -0.541. The van der Waals surface area contributed by atoms with E-state index in [0.29, 0.717) is 12.0 Å². The van der Waals surface area contributed by atoms with E-state index in [9.17, 15) is 9.18 Å². The Balaban J connectivity index is 1.62. The number of carbonyl (C=O) groups is 1. The van der Waals surface area contributed by atoms with Gasteiger partial charge in [-0.1, -0.05) is 31.0 Å². The van der Waals surface area contributed by atoms with Gasteiger partial charge < -0.3 is 5.32 Å². The van der Waals surface area contributed by atoms with E-state index in [1.54, 1.807) is 12.1 Å². The van der Waals surface area contributed by atoms with Crippen LogP contribution in [0, 0.1) is 19.7 Å². The van der Waals surface area contributed by atoms with Gasteiger partial charge in [-0.25, -0.2) is 4.39 Å². The zero-order valence-electron chi connectivity index (χ0n) is 15.0. The number of halogens is 1. The Morgan fingerprint density at radius 3 is 2.64 bits per heavy atom. The summed E-state index contributed by atoms with van der Waals surface area (Å²) in [5.41, 5.74) is 2.18. The molecule has 5 heteroatoms. The molecule has 134 valence electrons. The molecule has 0 bridgehead atoms. The summed E-state index contributed by atoms with van der Waals surface area (Å²) in [6.45, 7) is 4.71. The highest BCUT2D eigenvalue weighted by atomic mass is 19.1. The molecular weight excluding hydrogens is 317 g/mol. The number of nitrogens with zero attached hydrogens (tertiary/aromatic N) is 2. The Hall–Kier alpha value is -2.17. The molecule has 1 aromatic heterocycles. The van der Waals surface area contributed by atoms with Gasteiger partial charge in [-0.3, -0.25) is 9.48 Å². The van der Waals surface area contributed by atoms with E-state index < -0.39 is 5.54 Å². The molecule has 2 aromatic rings. The lowest BCUT2D eigenvalue weighted by atomic mass is 9.87. The number of hydrogen-bond donors (Lipinski definition) is 1. The number of nitrogens with one attached hydrogen (secondary N) is 1. The van der Waals surface area contributed by atoms with Crippen LogP contribution in [-0.2, 0) is 16.9 Å². The van der Waals surface area contributed by atoms with Crippen molar-refractivity contribution in [3.63, 3.8) is 0 Å².